The zero-order valence-electron chi connectivity index (χ0n) is 34.5. The van der Waals surface area contributed by atoms with Crippen LogP contribution in [0.5, 0.6) is 0 Å². The Morgan fingerprint density at radius 2 is 1.76 bits per heavy atom. The molecule has 1 atom stereocenters. The van der Waals surface area contributed by atoms with Crippen molar-refractivity contribution >= 4 is 45.3 Å². The quantitative estimate of drug-likeness (QED) is 0.137. The monoisotopic (exact) mass is 800 g/mol. The Hall–Kier alpha value is -5.14. The van der Waals surface area contributed by atoms with Crippen LogP contribution in [0.4, 0.5) is 5.69 Å². The molecule has 4 fully saturated rings. The van der Waals surface area contributed by atoms with Crippen molar-refractivity contribution in [1.82, 2.24) is 34.1 Å². The van der Waals surface area contributed by atoms with Gasteiger partial charge in [0, 0.05) is 49.0 Å². The maximum absolute atomic E-state index is 13.4. The molecular weight excluding hydrogens is 745 g/mol. The maximum Gasteiger partial charge on any atom is 0.329 e. The predicted molar refractivity (Wildman–Crippen MR) is 226 cm³/mol. The molecule has 1 unspecified atom stereocenters. The fraction of sp³-hybridized carbons (Fsp3) is 0.522. The molecule has 3 N–H and O–H groups in total. The van der Waals surface area contributed by atoms with E-state index in [2.05, 4.69) is 37.5 Å². The lowest BCUT2D eigenvalue weighted by molar-refractivity contribution is -0.135. The first-order valence-electron chi connectivity index (χ1n) is 21.6. The summed E-state index contributed by atoms with van der Waals surface area (Å²) in [6, 6.07) is 14.7. The SMILES string of the molecule is Cn1c(=O)n(C2CCC(=O)NC2=O)c2cccc(CCC3CC4(CCN(CC5CCC(n6cc7cc(NC(=O)c8ccccn8)c(C(C)(C)O)cc7n6)CC5)CC4)C3)c21. The van der Waals surface area contributed by atoms with Gasteiger partial charge in [0.25, 0.3) is 5.91 Å². The van der Waals surface area contributed by atoms with Gasteiger partial charge in [0.05, 0.1) is 28.2 Å². The van der Waals surface area contributed by atoms with Gasteiger partial charge in [-0.15, -0.1) is 0 Å². The smallest absolute Gasteiger partial charge is 0.329 e. The second-order valence-corrected chi connectivity index (χ2v) is 18.5. The van der Waals surface area contributed by atoms with Crippen molar-refractivity contribution in [3.8, 4) is 0 Å². The molecule has 3 amide bonds. The van der Waals surface area contributed by atoms with Crippen LogP contribution >= 0.6 is 0 Å². The number of imidazole rings is 1. The lowest BCUT2D eigenvalue weighted by atomic mass is 9.56. The molecular formula is C46H56N8O5. The summed E-state index contributed by atoms with van der Waals surface area (Å²) in [6.07, 6.45) is 15.9. The number of fused-ring (bicyclic) bond motifs is 2. The Balaban J connectivity index is 0.754. The van der Waals surface area contributed by atoms with E-state index in [1.165, 1.54) is 58.2 Å². The second kappa shape index (κ2) is 15.5. The van der Waals surface area contributed by atoms with Crippen LogP contribution in [0.2, 0.25) is 0 Å². The highest BCUT2D eigenvalue weighted by Crippen LogP contribution is 2.54. The number of carbonyl (C=O) groups is 3. The van der Waals surface area contributed by atoms with Crippen LogP contribution in [0.15, 0.2) is 65.7 Å². The average Bonchev–Trinajstić information content (AvgIpc) is 3.74. The summed E-state index contributed by atoms with van der Waals surface area (Å²) in [4.78, 5) is 57.7. The van der Waals surface area contributed by atoms with E-state index in [9.17, 15) is 24.3 Å². The van der Waals surface area contributed by atoms with Crippen LogP contribution in [0.1, 0.15) is 118 Å². The number of nitrogens with one attached hydrogen (secondary N) is 2. The average molecular weight is 801 g/mol. The van der Waals surface area contributed by atoms with E-state index in [0.29, 0.717) is 46.7 Å². The zero-order chi connectivity index (χ0) is 41.1. The van der Waals surface area contributed by atoms with E-state index in [4.69, 9.17) is 5.10 Å². The predicted octanol–water partition coefficient (Wildman–Crippen LogP) is 6.40. The summed E-state index contributed by atoms with van der Waals surface area (Å²) in [5, 5.41) is 22.3. The van der Waals surface area contributed by atoms with Gasteiger partial charge in [-0.05, 0) is 151 Å². The van der Waals surface area contributed by atoms with Gasteiger partial charge in [0.1, 0.15) is 11.7 Å². The summed E-state index contributed by atoms with van der Waals surface area (Å²) >= 11 is 0. The number of rotatable bonds is 10. The highest BCUT2D eigenvalue weighted by molar-refractivity contribution is 6.04. The van der Waals surface area contributed by atoms with Crippen LogP contribution in [-0.4, -0.2) is 71.3 Å². The number of anilines is 1. The number of amides is 3. The van der Waals surface area contributed by atoms with Gasteiger partial charge >= 0.3 is 5.69 Å². The Kier molecular flexibility index (Phi) is 10.3. The van der Waals surface area contributed by atoms with Gasteiger partial charge in [0.15, 0.2) is 0 Å². The van der Waals surface area contributed by atoms with Crippen molar-refractivity contribution in [2.24, 2.45) is 24.3 Å². The van der Waals surface area contributed by atoms with E-state index in [1.807, 2.05) is 24.3 Å². The van der Waals surface area contributed by atoms with Crippen molar-refractivity contribution in [2.45, 2.75) is 109 Å². The Morgan fingerprint density at radius 3 is 2.47 bits per heavy atom. The summed E-state index contributed by atoms with van der Waals surface area (Å²) in [6.45, 7) is 6.96. The van der Waals surface area contributed by atoms with Crippen LogP contribution in [0.3, 0.4) is 0 Å². The maximum atomic E-state index is 13.4. The number of aliphatic hydroxyl groups is 1. The third kappa shape index (κ3) is 7.75. The molecule has 13 nitrogen and oxygen atoms in total. The molecule has 5 aromatic rings. The minimum atomic E-state index is -1.17. The molecule has 1 spiro atoms. The van der Waals surface area contributed by atoms with E-state index in [1.54, 1.807) is 54.4 Å². The molecule has 4 aliphatic rings. The summed E-state index contributed by atoms with van der Waals surface area (Å²) in [5.41, 5.74) is 4.22. The third-order valence-electron chi connectivity index (χ3n) is 14.1. The number of aromatic nitrogens is 5. The molecule has 0 radical (unpaired) electrons. The van der Waals surface area contributed by atoms with Gasteiger partial charge in [0.2, 0.25) is 11.8 Å². The number of aryl methyl sites for hydroxylation is 2. The highest BCUT2D eigenvalue weighted by Gasteiger charge is 2.45. The molecule has 0 bridgehead atoms. The fourth-order valence-corrected chi connectivity index (χ4v) is 10.8. The molecule has 2 aromatic carbocycles. The first-order valence-corrected chi connectivity index (χ1v) is 21.6. The van der Waals surface area contributed by atoms with E-state index >= 15 is 0 Å². The first kappa shape index (κ1) is 39.3. The number of pyridine rings is 1. The Labute approximate surface area is 344 Å². The lowest BCUT2D eigenvalue weighted by Crippen LogP contribution is -2.48. The van der Waals surface area contributed by atoms with Crippen LogP contribution in [-0.2, 0) is 28.7 Å². The van der Waals surface area contributed by atoms with Gasteiger partial charge in [-0.3, -0.25) is 38.5 Å². The molecule has 2 aliphatic carbocycles. The fourth-order valence-electron chi connectivity index (χ4n) is 10.8. The molecule has 9 rings (SSSR count). The molecule has 2 saturated heterocycles. The number of carbonyl (C=O) groups excluding carboxylic acids is 3. The normalized spacial score (nSPS) is 22.8. The van der Waals surface area contributed by atoms with Crippen molar-refractivity contribution in [3.05, 3.63) is 88.2 Å². The third-order valence-corrected chi connectivity index (χ3v) is 14.1. The Bertz CT molecular complexity index is 2450. The first-order chi connectivity index (χ1) is 28.3. The van der Waals surface area contributed by atoms with Gasteiger partial charge in [-0.25, -0.2) is 4.79 Å². The van der Waals surface area contributed by atoms with E-state index in [0.717, 1.165) is 53.2 Å². The van der Waals surface area contributed by atoms with E-state index < -0.39 is 17.6 Å². The number of para-hydroxylation sites is 1. The molecule has 3 aromatic heterocycles. The zero-order valence-corrected chi connectivity index (χ0v) is 34.5. The largest absolute Gasteiger partial charge is 0.386 e. The van der Waals surface area contributed by atoms with Gasteiger partial charge in [-0.2, -0.15) is 5.10 Å². The summed E-state index contributed by atoms with van der Waals surface area (Å²) in [5.74, 6) is 0.388. The summed E-state index contributed by atoms with van der Waals surface area (Å²) in [7, 11) is 1.79. The topological polar surface area (TPSA) is 156 Å². The second-order valence-electron chi connectivity index (χ2n) is 18.5. The van der Waals surface area contributed by atoms with Crippen LogP contribution in [0, 0.1) is 17.3 Å². The number of imide groups is 1. The lowest BCUT2D eigenvalue weighted by Gasteiger charge is -2.53. The number of hydrogen-bond donors (Lipinski definition) is 3. The summed E-state index contributed by atoms with van der Waals surface area (Å²) < 4.78 is 5.37. The molecule has 59 heavy (non-hydrogen) atoms. The van der Waals surface area contributed by atoms with Crippen LogP contribution < -0.4 is 16.3 Å². The molecule has 5 heterocycles. The van der Waals surface area contributed by atoms with Gasteiger partial charge in [-0.1, -0.05) is 18.2 Å². The standard InChI is InChI=1S/C46H56N8O5/c1-45(2,59)34-24-36-32(23-37(34)48-42(56)35-8-4-5-20-47-35)28-53(50-36)33-14-11-29(12-15-33)27-52-21-18-46(19-22-52)25-30(26-46)10-13-31-7-6-9-38-41(31)51(3)44(58)54(38)39-16-17-40(55)49-43(39)57/h4-9,20,23-24,28-30,33,39,59H,10-19,21-22,25-27H2,1-3H3,(H,48,56)(H,49,55,57). The number of benzene rings is 2. The highest BCUT2D eigenvalue weighted by atomic mass is 16.3. The number of hydrogen-bond acceptors (Lipinski definition) is 8. The molecule has 2 saturated carbocycles. The van der Waals surface area contributed by atoms with Crippen LogP contribution in [0.25, 0.3) is 21.9 Å². The Morgan fingerprint density at radius 1 is 0.983 bits per heavy atom. The number of piperidine rings is 2. The minimum absolute atomic E-state index is 0.209. The van der Waals surface area contributed by atoms with Crippen molar-refractivity contribution in [2.75, 3.05) is 25.0 Å². The molecule has 2 aliphatic heterocycles. The molecule has 13 heteroatoms. The number of nitrogens with zero attached hydrogens (tertiary/aromatic N) is 6. The molecule has 310 valence electrons. The minimum Gasteiger partial charge on any atom is -0.386 e. The van der Waals surface area contributed by atoms with Crippen molar-refractivity contribution in [1.29, 1.82) is 0 Å². The van der Waals surface area contributed by atoms with E-state index in [-0.39, 0.29) is 23.9 Å². The number of likely N-dealkylation sites (tertiary alicyclic amines) is 1. The van der Waals surface area contributed by atoms with Crippen molar-refractivity contribution in [3.63, 3.8) is 0 Å². The van der Waals surface area contributed by atoms with Gasteiger partial charge < -0.3 is 15.3 Å². The van der Waals surface area contributed by atoms with Crippen molar-refractivity contribution < 1.29 is 19.5 Å².